The van der Waals surface area contributed by atoms with Gasteiger partial charge in [-0.3, -0.25) is 14.5 Å². The Morgan fingerprint density at radius 1 is 0.853 bits per heavy atom. The summed E-state index contributed by atoms with van der Waals surface area (Å²) in [5.41, 5.74) is 9.21. The number of halogens is 1. The monoisotopic (exact) mass is 474 g/mol. The van der Waals surface area contributed by atoms with Crippen LogP contribution in [0.5, 0.6) is 0 Å². The highest BCUT2D eigenvalue weighted by atomic mass is 35.5. The number of nitrogens with one attached hydrogen (secondary N) is 1. The number of anilines is 2. The minimum absolute atomic E-state index is 0.0568. The molecule has 174 valence electrons. The summed E-state index contributed by atoms with van der Waals surface area (Å²) in [4.78, 5) is 33.0. The first kappa shape index (κ1) is 23.5. The fourth-order valence-corrected chi connectivity index (χ4v) is 4.13. The van der Waals surface area contributed by atoms with Crippen LogP contribution in [0, 0.1) is 0 Å². The zero-order chi connectivity index (χ0) is 23.9. The fraction of sp³-hybridized carbons (Fsp3) is 0.185. The first-order valence-corrected chi connectivity index (χ1v) is 11.6. The molecule has 1 aromatic heterocycles. The number of nitrogens with zero attached hydrogens (tertiary/aromatic N) is 2. The minimum atomic E-state index is -0.210. The second-order valence-corrected chi connectivity index (χ2v) is 8.44. The van der Waals surface area contributed by atoms with Crippen molar-refractivity contribution in [3.8, 4) is 0 Å². The molecule has 34 heavy (non-hydrogen) atoms. The topological polar surface area (TPSA) is 82.4 Å². The van der Waals surface area contributed by atoms with Gasteiger partial charge in [0.15, 0.2) is 0 Å². The van der Waals surface area contributed by atoms with Crippen molar-refractivity contribution < 1.29 is 9.59 Å². The molecule has 0 saturated heterocycles. The van der Waals surface area contributed by atoms with E-state index in [1.54, 1.807) is 34.1 Å². The number of carbonyl (C=O) groups excluding carboxylic acids is 2. The van der Waals surface area contributed by atoms with Gasteiger partial charge >= 0.3 is 0 Å². The molecule has 3 N–H and O–H groups in total. The SMILES string of the molecule is NCCC(=O)N(CCc1c[nH]c2ccccc12)CC(=O)N(c1ccccc1)c1ccc(Cl)cc1. The Bertz CT molecular complexity index is 1250. The van der Waals surface area contributed by atoms with Crippen molar-refractivity contribution in [2.45, 2.75) is 12.8 Å². The molecule has 4 aromatic rings. The van der Waals surface area contributed by atoms with Crippen molar-refractivity contribution in [1.29, 1.82) is 0 Å². The van der Waals surface area contributed by atoms with Crippen LogP contribution < -0.4 is 10.6 Å². The van der Waals surface area contributed by atoms with E-state index in [2.05, 4.69) is 11.1 Å². The van der Waals surface area contributed by atoms with Gasteiger partial charge in [-0.25, -0.2) is 0 Å². The predicted octanol–water partition coefficient (Wildman–Crippen LogP) is 4.91. The third-order valence-electron chi connectivity index (χ3n) is 5.71. The molecule has 2 amide bonds. The molecule has 7 heteroatoms. The number of H-pyrrole nitrogens is 1. The first-order chi connectivity index (χ1) is 16.6. The van der Waals surface area contributed by atoms with E-state index in [4.69, 9.17) is 17.3 Å². The molecule has 0 spiro atoms. The standard InChI is InChI=1S/C27H27ClN4O2/c28-21-10-12-23(13-11-21)32(22-6-2-1-3-7-22)27(34)19-31(26(33)14-16-29)17-15-20-18-30-25-9-5-4-8-24(20)25/h1-13,18,30H,14-17,19,29H2. The van der Waals surface area contributed by atoms with Gasteiger partial charge in [-0.2, -0.15) is 0 Å². The molecule has 0 atom stereocenters. The number of rotatable bonds is 9. The molecule has 0 bridgehead atoms. The van der Waals surface area contributed by atoms with Crippen molar-refractivity contribution in [2.24, 2.45) is 5.73 Å². The molecule has 0 radical (unpaired) electrons. The molecular formula is C27H27ClN4O2. The third kappa shape index (κ3) is 5.47. The van der Waals surface area contributed by atoms with Crippen molar-refractivity contribution >= 4 is 45.7 Å². The number of amides is 2. The van der Waals surface area contributed by atoms with Gasteiger partial charge in [0.2, 0.25) is 5.91 Å². The summed E-state index contributed by atoms with van der Waals surface area (Å²) in [5.74, 6) is -0.349. The molecule has 3 aromatic carbocycles. The Kier molecular flexibility index (Phi) is 7.62. The third-order valence-corrected chi connectivity index (χ3v) is 5.96. The number of aromatic amines is 1. The normalized spacial score (nSPS) is 10.9. The summed E-state index contributed by atoms with van der Waals surface area (Å²) in [6.07, 6.45) is 2.77. The van der Waals surface area contributed by atoms with Crippen LogP contribution in [0.2, 0.25) is 5.02 Å². The Labute approximate surface area is 203 Å². The number of hydrogen-bond donors (Lipinski definition) is 2. The van der Waals surface area contributed by atoms with Gasteiger partial charge in [0.05, 0.1) is 0 Å². The lowest BCUT2D eigenvalue weighted by molar-refractivity contribution is -0.134. The summed E-state index contributed by atoms with van der Waals surface area (Å²) in [5, 5.41) is 1.70. The maximum atomic E-state index is 13.6. The van der Waals surface area contributed by atoms with E-state index >= 15 is 0 Å². The predicted molar refractivity (Wildman–Crippen MR) is 137 cm³/mol. The van der Waals surface area contributed by atoms with Crippen LogP contribution in [0.4, 0.5) is 11.4 Å². The molecule has 1 heterocycles. The number of para-hydroxylation sites is 2. The Morgan fingerprint density at radius 3 is 2.26 bits per heavy atom. The Balaban J connectivity index is 1.57. The van der Waals surface area contributed by atoms with E-state index in [1.807, 2.05) is 54.7 Å². The van der Waals surface area contributed by atoms with Crippen LogP contribution in [0.15, 0.2) is 85.1 Å². The quantitative estimate of drug-likeness (QED) is 0.361. The largest absolute Gasteiger partial charge is 0.361 e. The number of fused-ring (bicyclic) bond motifs is 1. The molecule has 6 nitrogen and oxygen atoms in total. The summed E-state index contributed by atoms with van der Waals surface area (Å²) in [7, 11) is 0. The molecule has 0 aliphatic heterocycles. The summed E-state index contributed by atoms with van der Waals surface area (Å²) >= 11 is 6.06. The van der Waals surface area contributed by atoms with E-state index in [0.717, 1.165) is 22.2 Å². The Morgan fingerprint density at radius 2 is 1.53 bits per heavy atom. The lowest BCUT2D eigenvalue weighted by Crippen LogP contribution is -2.42. The van der Waals surface area contributed by atoms with Crippen molar-refractivity contribution in [3.05, 3.63) is 95.6 Å². The maximum absolute atomic E-state index is 13.6. The van der Waals surface area contributed by atoms with Crippen LogP contribution in [-0.2, 0) is 16.0 Å². The van der Waals surface area contributed by atoms with E-state index in [-0.39, 0.29) is 31.3 Å². The highest BCUT2D eigenvalue weighted by molar-refractivity contribution is 6.30. The maximum Gasteiger partial charge on any atom is 0.251 e. The average Bonchev–Trinajstić information content (AvgIpc) is 3.27. The van der Waals surface area contributed by atoms with Crippen molar-refractivity contribution in [3.63, 3.8) is 0 Å². The smallest absolute Gasteiger partial charge is 0.251 e. The van der Waals surface area contributed by atoms with Crippen LogP contribution in [-0.4, -0.2) is 41.3 Å². The van der Waals surface area contributed by atoms with Gasteiger partial charge in [0.25, 0.3) is 5.91 Å². The zero-order valence-corrected chi connectivity index (χ0v) is 19.5. The molecular weight excluding hydrogens is 448 g/mol. The zero-order valence-electron chi connectivity index (χ0n) is 18.8. The second-order valence-electron chi connectivity index (χ2n) is 8.00. The fourth-order valence-electron chi connectivity index (χ4n) is 4.01. The highest BCUT2D eigenvalue weighted by Gasteiger charge is 2.23. The van der Waals surface area contributed by atoms with Crippen LogP contribution in [0.25, 0.3) is 10.9 Å². The van der Waals surface area contributed by atoms with Gasteiger partial charge in [0.1, 0.15) is 6.54 Å². The van der Waals surface area contributed by atoms with E-state index in [1.165, 1.54) is 0 Å². The average molecular weight is 475 g/mol. The van der Waals surface area contributed by atoms with Gasteiger partial charge in [0, 0.05) is 53.0 Å². The lowest BCUT2D eigenvalue weighted by atomic mass is 10.1. The molecule has 4 rings (SSSR count). The highest BCUT2D eigenvalue weighted by Crippen LogP contribution is 2.27. The minimum Gasteiger partial charge on any atom is -0.361 e. The van der Waals surface area contributed by atoms with E-state index in [0.29, 0.717) is 23.7 Å². The number of nitrogens with two attached hydrogens (primary N) is 1. The van der Waals surface area contributed by atoms with Gasteiger partial charge in [-0.1, -0.05) is 48.0 Å². The summed E-state index contributed by atoms with van der Waals surface area (Å²) in [6.45, 7) is 0.588. The van der Waals surface area contributed by atoms with Crippen molar-refractivity contribution in [2.75, 3.05) is 24.5 Å². The number of benzene rings is 3. The second kappa shape index (κ2) is 11.0. The lowest BCUT2D eigenvalue weighted by Gasteiger charge is -2.28. The number of aromatic nitrogens is 1. The summed E-state index contributed by atoms with van der Waals surface area (Å²) < 4.78 is 0. The van der Waals surface area contributed by atoms with Crippen LogP contribution in [0.1, 0.15) is 12.0 Å². The molecule has 0 aliphatic rings. The molecule has 0 fully saturated rings. The van der Waals surface area contributed by atoms with Crippen molar-refractivity contribution in [1.82, 2.24) is 9.88 Å². The Hall–Kier alpha value is -3.61. The molecule has 0 unspecified atom stereocenters. The van der Waals surface area contributed by atoms with E-state index < -0.39 is 0 Å². The van der Waals surface area contributed by atoms with Crippen LogP contribution in [0.3, 0.4) is 0 Å². The van der Waals surface area contributed by atoms with Gasteiger partial charge in [-0.15, -0.1) is 0 Å². The van der Waals surface area contributed by atoms with Gasteiger partial charge in [-0.05, 0) is 54.4 Å². The summed E-state index contributed by atoms with van der Waals surface area (Å²) in [6, 6.07) is 24.5. The van der Waals surface area contributed by atoms with E-state index in [9.17, 15) is 9.59 Å². The number of hydrogen-bond acceptors (Lipinski definition) is 3. The van der Waals surface area contributed by atoms with Gasteiger partial charge < -0.3 is 15.6 Å². The van der Waals surface area contributed by atoms with Crippen LogP contribution >= 0.6 is 11.6 Å². The first-order valence-electron chi connectivity index (χ1n) is 11.2. The molecule has 0 aliphatic carbocycles. The number of carbonyl (C=O) groups is 2. The molecule has 0 saturated carbocycles.